The van der Waals surface area contributed by atoms with Gasteiger partial charge in [0.1, 0.15) is 18.9 Å². The minimum atomic E-state index is -0.861. The number of nitrogens with zero attached hydrogens (tertiary/aromatic N) is 5. The van der Waals surface area contributed by atoms with Gasteiger partial charge in [0.25, 0.3) is 11.4 Å². The van der Waals surface area contributed by atoms with Crippen molar-refractivity contribution >= 4 is 41.1 Å². The summed E-state index contributed by atoms with van der Waals surface area (Å²) in [5.74, 6) is -1.72. The maximum atomic E-state index is 13.6. The number of ether oxygens (including phenoxy) is 2. The second kappa shape index (κ2) is 14.7. The molecule has 3 fully saturated rings. The lowest BCUT2D eigenvalue weighted by molar-refractivity contribution is -0.385. The number of rotatable bonds is 11. The van der Waals surface area contributed by atoms with Gasteiger partial charge < -0.3 is 24.4 Å². The lowest BCUT2D eigenvalue weighted by atomic mass is 9.79. The Kier molecular flexibility index (Phi) is 10.4. The molecule has 15 nitrogen and oxygen atoms in total. The Morgan fingerprint density at radius 2 is 1.48 bits per heavy atom. The molecule has 6 rings (SSSR count). The minimum Gasteiger partial charge on any atom is -0.456 e. The molecule has 4 heterocycles. The van der Waals surface area contributed by atoms with Gasteiger partial charge in [-0.05, 0) is 68.1 Å². The van der Waals surface area contributed by atoms with E-state index in [1.165, 1.54) is 41.3 Å². The lowest BCUT2D eigenvalue weighted by Gasteiger charge is -2.46. The van der Waals surface area contributed by atoms with Gasteiger partial charge in [-0.2, -0.15) is 0 Å². The number of nitro benzene ring substituents is 2. The number of piperidine rings is 1. The first-order chi connectivity index (χ1) is 23.9. The van der Waals surface area contributed by atoms with Crippen molar-refractivity contribution < 1.29 is 38.8 Å². The molecule has 4 aliphatic heterocycles. The minimum absolute atomic E-state index is 0.0241. The van der Waals surface area contributed by atoms with Crippen LogP contribution in [-0.4, -0.2) is 97.2 Å². The summed E-state index contributed by atoms with van der Waals surface area (Å²) in [5, 5.41) is 32.4. The van der Waals surface area contributed by atoms with E-state index in [4.69, 9.17) is 9.47 Å². The van der Waals surface area contributed by atoms with Gasteiger partial charge in [0.2, 0.25) is 5.91 Å². The van der Waals surface area contributed by atoms with Gasteiger partial charge in [0.15, 0.2) is 0 Å². The first-order valence-electron chi connectivity index (χ1n) is 16.6. The summed E-state index contributed by atoms with van der Waals surface area (Å²) in [6.07, 6.45) is 1.16. The molecule has 4 aliphatic rings. The average molecular weight is 710 g/mol. The van der Waals surface area contributed by atoms with Crippen LogP contribution in [0, 0.1) is 32.1 Å². The molecule has 0 unspecified atom stereocenters. The zero-order valence-corrected chi connectivity index (χ0v) is 28.5. The fraction of sp³-hybridized carbons (Fsp3) is 0.500. The molecule has 0 aliphatic carbocycles. The summed E-state index contributed by atoms with van der Waals surface area (Å²) in [5.41, 5.74) is 1.37. The van der Waals surface area contributed by atoms with Crippen molar-refractivity contribution in [3.63, 3.8) is 0 Å². The van der Waals surface area contributed by atoms with E-state index in [-0.39, 0.29) is 59.4 Å². The number of hydrogen-bond acceptors (Lipinski definition) is 12. The monoisotopic (exact) mass is 709 g/mol. The van der Waals surface area contributed by atoms with Crippen LogP contribution in [0.25, 0.3) is 0 Å². The number of carbonyl (C=O) groups is 3. The SMILES string of the molecule is C[C@@H](O)[C@H]1C(=O)N2C(C(=O)OCc3ccc([N+](=O)[O-])cc3)=C(S[C@@H]3CCN(C4CCN(C(=O)OCc5ccc([N+](=O)[O-])cc5)CC4)C3)[C@H](C)[C@H]12. The van der Waals surface area contributed by atoms with Crippen molar-refractivity contribution in [2.24, 2.45) is 11.8 Å². The molecule has 3 saturated heterocycles. The Hall–Kier alpha value is -4.54. The third kappa shape index (κ3) is 7.18. The van der Waals surface area contributed by atoms with Crippen LogP contribution >= 0.6 is 11.8 Å². The number of nitro groups is 2. The molecule has 50 heavy (non-hydrogen) atoms. The Labute approximate surface area is 292 Å². The van der Waals surface area contributed by atoms with Crippen molar-refractivity contribution in [3.8, 4) is 0 Å². The van der Waals surface area contributed by atoms with E-state index >= 15 is 0 Å². The smallest absolute Gasteiger partial charge is 0.410 e. The molecule has 2 amide bonds. The number of β-lactam (4-membered cyclic amide) rings is 1. The van der Waals surface area contributed by atoms with Gasteiger partial charge in [0.05, 0.1) is 27.9 Å². The fourth-order valence-electron chi connectivity index (χ4n) is 7.33. The average Bonchev–Trinajstić information content (AvgIpc) is 3.67. The van der Waals surface area contributed by atoms with E-state index in [2.05, 4.69) is 4.90 Å². The largest absolute Gasteiger partial charge is 0.456 e. The van der Waals surface area contributed by atoms with Crippen LogP contribution in [0.5, 0.6) is 0 Å². The third-order valence-electron chi connectivity index (χ3n) is 10.0. The Bertz CT molecular complexity index is 1680. The molecule has 2 aromatic rings. The molecular weight excluding hydrogens is 670 g/mol. The van der Waals surface area contributed by atoms with Crippen LogP contribution in [0.2, 0.25) is 0 Å². The highest BCUT2D eigenvalue weighted by atomic mass is 32.2. The predicted octanol–water partition coefficient (Wildman–Crippen LogP) is 4.22. The number of benzene rings is 2. The van der Waals surface area contributed by atoms with Crippen molar-refractivity contribution in [2.45, 2.75) is 69.8 Å². The quantitative estimate of drug-likeness (QED) is 0.152. The number of carbonyl (C=O) groups excluding carboxylic acids is 3. The number of fused-ring (bicyclic) bond motifs is 1. The number of aliphatic hydroxyl groups excluding tert-OH is 1. The Morgan fingerprint density at radius 1 is 0.920 bits per heavy atom. The van der Waals surface area contributed by atoms with Gasteiger partial charge >= 0.3 is 12.1 Å². The molecular formula is C34H39N5O10S. The number of esters is 1. The Balaban J connectivity index is 1.04. The normalized spacial score (nSPS) is 24.5. The summed E-state index contributed by atoms with van der Waals surface area (Å²) >= 11 is 1.59. The second-order valence-corrected chi connectivity index (χ2v) is 14.5. The van der Waals surface area contributed by atoms with Crippen LogP contribution in [0.1, 0.15) is 44.2 Å². The summed E-state index contributed by atoms with van der Waals surface area (Å²) < 4.78 is 11.1. The highest BCUT2D eigenvalue weighted by Gasteiger charge is 2.60. The molecule has 0 spiro atoms. The van der Waals surface area contributed by atoms with E-state index in [0.717, 1.165) is 37.3 Å². The third-order valence-corrected chi connectivity index (χ3v) is 11.6. The highest BCUT2D eigenvalue weighted by molar-refractivity contribution is 8.03. The highest BCUT2D eigenvalue weighted by Crippen LogP contribution is 2.52. The molecule has 0 aromatic heterocycles. The molecule has 16 heteroatoms. The summed E-state index contributed by atoms with van der Waals surface area (Å²) in [6.45, 7) is 6.21. The van der Waals surface area contributed by atoms with E-state index in [1.54, 1.807) is 35.7 Å². The molecule has 0 radical (unpaired) electrons. The van der Waals surface area contributed by atoms with Crippen molar-refractivity contribution in [2.75, 3.05) is 26.2 Å². The molecule has 0 saturated carbocycles. The lowest BCUT2D eigenvalue weighted by Crippen LogP contribution is -2.63. The number of amides is 2. The van der Waals surface area contributed by atoms with E-state index in [1.807, 2.05) is 6.92 Å². The van der Waals surface area contributed by atoms with Gasteiger partial charge in [-0.25, -0.2) is 9.59 Å². The van der Waals surface area contributed by atoms with Crippen LogP contribution in [0.15, 0.2) is 59.1 Å². The second-order valence-electron chi connectivity index (χ2n) is 13.2. The molecule has 0 bridgehead atoms. The predicted molar refractivity (Wildman–Crippen MR) is 180 cm³/mol. The first-order valence-corrected chi connectivity index (χ1v) is 17.5. The number of hydrogen-bond donors (Lipinski definition) is 1. The standard InChI is InChI=1S/C34H39N5O10S/c1-20-29-28(21(2)40)32(41)37(29)30(33(42)48-18-22-3-7-25(8-4-22)38(44)45)31(20)50-27-13-16-36(17-27)24-11-14-35(15-12-24)34(43)49-19-23-5-9-26(10-6-23)39(46)47/h3-10,20-21,24,27-29,40H,11-19H2,1-2H3/t20-,21-,27-,28-,29-/m1/s1. The number of likely N-dealkylation sites (tertiary alicyclic amines) is 2. The Morgan fingerprint density at radius 3 is 2.02 bits per heavy atom. The van der Waals surface area contributed by atoms with Gasteiger partial charge in [-0.3, -0.25) is 29.9 Å². The van der Waals surface area contributed by atoms with Crippen molar-refractivity contribution in [1.82, 2.24) is 14.7 Å². The maximum absolute atomic E-state index is 13.6. The zero-order chi connectivity index (χ0) is 35.7. The molecule has 2 aromatic carbocycles. The van der Waals surface area contributed by atoms with Crippen molar-refractivity contribution in [1.29, 1.82) is 0 Å². The summed E-state index contributed by atoms with van der Waals surface area (Å²) in [6, 6.07) is 11.6. The van der Waals surface area contributed by atoms with Crippen LogP contribution in [0.4, 0.5) is 16.2 Å². The first kappa shape index (κ1) is 35.3. The molecule has 266 valence electrons. The molecule has 1 N–H and O–H groups in total. The van der Waals surface area contributed by atoms with E-state index in [0.29, 0.717) is 24.2 Å². The van der Waals surface area contributed by atoms with Gasteiger partial charge in [0, 0.05) is 66.0 Å². The number of non-ortho nitro benzene ring substituents is 2. The van der Waals surface area contributed by atoms with Crippen LogP contribution < -0.4 is 0 Å². The summed E-state index contributed by atoms with van der Waals surface area (Å²) in [7, 11) is 0. The fourth-order valence-corrected chi connectivity index (χ4v) is 8.82. The topological polar surface area (TPSA) is 186 Å². The van der Waals surface area contributed by atoms with Crippen LogP contribution in [0.3, 0.4) is 0 Å². The number of aliphatic hydroxyl groups is 1. The number of thioether (sulfide) groups is 1. The van der Waals surface area contributed by atoms with Crippen LogP contribution in [-0.2, 0) is 32.3 Å². The molecule has 5 atom stereocenters. The zero-order valence-electron chi connectivity index (χ0n) is 27.7. The summed E-state index contributed by atoms with van der Waals surface area (Å²) in [4.78, 5) is 66.7. The van der Waals surface area contributed by atoms with Crippen molar-refractivity contribution in [3.05, 3.63) is 90.5 Å². The van der Waals surface area contributed by atoms with E-state index < -0.39 is 33.9 Å². The van der Waals surface area contributed by atoms with E-state index in [9.17, 15) is 39.7 Å². The maximum Gasteiger partial charge on any atom is 0.410 e. The van der Waals surface area contributed by atoms with Gasteiger partial charge in [-0.15, -0.1) is 11.8 Å². The van der Waals surface area contributed by atoms with Gasteiger partial charge in [-0.1, -0.05) is 6.92 Å².